The lowest BCUT2D eigenvalue weighted by Crippen LogP contribution is -2.32. The first-order chi connectivity index (χ1) is 9.74. The number of carbonyl (C=O) groups excluding carboxylic acids is 1. The molecule has 2 N–H and O–H groups in total. The van der Waals surface area contributed by atoms with Crippen LogP contribution in [0, 0.1) is 0 Å². The van der Waals surface area contributed by atoms with Gasteiger partial charge in [0, 0.05) is 13.0 Å². The number of hydrogen-bond acceptors (Lipinski definition) is 4. The van der Waals surface area contributed by atoms with Crippen molar-refractivity contribution in [2.45, 2.75) is 38.6 Å². The van der Waals surface area contributed by atoms with Gasteiger partial charge in [-0.3, -0.25) is 4.79 Å². The molecule has 0 unspecified atom stereocenters. The third kappa shape index (κ3) is 2.61. The second kappa shape index (κ2) is 5.53. The summed E-state index contributed by atoms with van der Waals surface area (Å²) in [5, 5.41) is 0. The Morgan fingerprint density at radius 2 is 2.10 bits per heavy atom. The number of hydrogen-bond donors (Lipinski definition) is 1. The quantitative estimate of drug-likeness (QED) is 0.854. The molecule has 5 heteroatoms. The van der Waals surface area contributed by atoms with Crippen molar-refractivity contribution < 1.29 is 9.21 Å². The minimum atomic E-state index is 0.194. The zero-order valence-corrected chi connectivity index (χ0v) is 11.5. The molecule has 0 aliphatic carbocycles. The number of para-hydroxylation sites is 1. The van der Waals surface area contributed by atoms with Crippen LogP contribution in [0.4, 0.5) is 5.69 Å². The highest BCUT2D eigenvalue weighted by atomic mass is 16.3. The minimum Gasteiger partial charge on any atom is -0.439 e. The number of nitrogens with two attached hydrogens (primary N) is 1. The van der Waals surface area contributed by atoms with Crippen molar-refractivity contribution in [2.75, 3.05) is 12.3 Å². The molecule has 20 heavy (non-hydrogen) atoms. The Kier molecular flexibility index (Phi) is 3.58. The zero-order chi connectivity index (χ0) is 13.9. The Morgan fingerprint density at radius 1 is 1.25 bits per heavy atom. The van der Waals surface area contributed by atoms with Crippen LogP contribution in [0.3, 0.4) is 0 Å². The number of oxazole rings is 1. The molecule has 1 aliphatic rings. The number of carbonyl (C=O) groups is 1. The maximum Gasteiger partial charge on any atom is 0.223 e. The van der Waals surface area contributed by atoms with E-state index < -0.39 is 0 Å². The maximum absolute atomic E-state index is 12.1. The topological polar surface area (TPSA) is 72.4 Å². The normalized spacial score (nSPS) is 17.2. The number of nitrogen functional groups attached to an aromatic ring is 1. The molecule has 1 aromatic carbocycles. The van der Waals surface area contributed by atoms with Crippen molar-refractivity contribution in [3.05, 3.63) is 24.1 Å². The first-order valence-corrected chi connectivity index (χ1v) is 7.16. The average Bonchev–Trinajstić information content (AvgIpc) is 2.83. The number of anilines is 1. The fraction of sp³-hybridized carbons (Fsp3) is 0.467. The van der Waals surface area contributed by atoms with Gasteiger partial charge in [-0.1, -0.05) is 18.9 Å². The average molecular weight is 273 g/mol. The van der Waals surface area contributed by atoms with Crippen LogP contribution in [0.15, 0.2) is 22.6 Å². The number of amides is 1. The number of aromatic nitrogens is 1. The molecule has 1 saturated heterocycles. The van der Waals surface area contributed by atoms with Crippen LogP contribution in [0.1, 0.15) is 38.0 Å². The second-order valence-corrected chi connectivity index (χ2v) is 5.28. The van der Waals surface area contributed by atoms with Gasteiger partial charge < -0.3 is 15.1 Å². The smallest absolute Gasteiger partial charge is 0.223 e. The highest BCUT2D eigenvalue weighted by Crippen LogP contribution is 2.22. The summed E-state index contributed by atoms with van der Waals surface area (Å²) < 4.78 is 5.69. The number of benzene rings is 1. The fourth-order valence-electron chi connectivity index (χ4n) is 2.63. The summed E-state index contributed by atoms with van der Waals surface area (Å²) in [6.45, 7) is 1.22. The Labute approximate surface area is 117 Å². The van der Waals surface area contributed by atoms with E-state index in [9.17, 15) is 4.79 Å². The van der Waals surface area contributed by atoms with Crippen LogP contribution < -0.4 is 5.73 Å². The van der Waals surface area contributed by atoms with E-state index in [1.807, 2.05) is 17.0 Å². The van der Waals surface area contributed by atoms with E-state index in [2.05, 4.69) is 4.98 Å². The summed E-state index contributed by atoms with van der Waals surface area (Å²) in [6.07, 6.45) is 5.00. The predicted octanol–water partition coefficient (Wildman–Crippen LogP) is 2.70. The molecule has 0 saturated carbocycles. The van der Waals surface area contributed by atoms with E-state index >= 15 is 0 Å². The van der Waals surface area contributed by atoms with Crippen LogP contribution in [0.5, 0.6) is 0 Å². The highest BCUT2D eigenvalue weighted by Gasteiger charge is 2.18. The zero-order valence-electron chi connectivity index (χ0n) is 11.5. The molecule has 0 bridgehead atoms. The molecule has 3 rings (SSSR count). The third-order valence-electron chi connectivity index (χ3n) is 3.74. The van der Waals surface area contributed by atoms with Crippen LogP contribution in [0.25, 0.3) is 11.1 Å². The third-order valence-corrected chi connectivity index (χ3v) is 3.74. The van der Waals surface area contributed by atoms with E-state index in [1.165, 1.54) is 6.42 Å². The van der Waals surface area contributed by atoms with Gasteiger partial charge in [0.1, 0.15) is 5.52 Å². The largest absolute Gasteiger partial charge is 0.439 e. The SMILES string of the molecule is Nc1cccc2oc(CN3CCCCCCC3=O)nc12. The van der Waals surface area contributed by atoms with Crippen LogP contribution in [-0.2, 0) is 11.3 Å². The Bertz CT molecular complexity index is 621. The molecule has 1 aliphatic heterocycles. The van der Waals surface area contributed by atoms with Crippen LogP contribution >= 0.6 is 0 Å². The van der Waals surface area contributed by atoms with Gasteiger partial charge in [-0.15, -0.1) is 0 Å². The Hall–Kier alpha value is -2.04. The van der Waals surface area contributed by atoms with E-state index in [4.69, 9.17) is 10.2 Å². The van der Waals surface area contributed by atoms with Crippen molar-refractivity contribution >= 4 is 22.7 Å². The first-order valence-electron chi connectivity index (χ1n) is 7.16. The van der Waals surface area contributed by atoms with Gasteiger partial charge in [0.05, 0.1) is 12.2 Å². The molecule has 1 amide bonds. The molecular formula is C15H19N3O2. The number of rotatable bonds is 2. The minimum absolute atomic E-state index is 0.194. The van der Waals surface area contributed by atoms with Crippen molar-refractivity contribution in [2.24, 2.45) is 0 Å². The van der Waals surface area contributed by atoms with E-state index in [-0.39, 0.29) is 5.91 Å². The number of nitrogens with zero attached hydrogens (tertiary/aromatic N) is 2. The Balaban J connectivity index is 1.80. The van der Waals surface area contributed by atoms with Gasteiger partial charge in [-0.25, -0.2) is 4.98 Å². The van der Waals surface area contributed by atoms with Gasteiger partial charge in [0.2, 0.25) is 11.8 Å². The van der Waals surface area contributed by atoms with Gasteiger partial charge in [-0.2, -0.15) is 0 Å². The van der Waals surface area contributed by atoms with Gasteiger partial charge in [-0.05, 0) is 25.0 Å². The Morgan fingerprint density at radius 3 is 2.95 bits per heavy atom. The summed E-state index contributed by atoms with van der Waals surface area (Å²) in [4.78, 5) is 18.3. The molecule has 1 fully saturated rings. The lowest BCUT2D eigenvalue weighted by atomic mass is 10.1. The lowest BCUT2D eigenvalue weighted by molar-refractivity contribution is -0.132. The van der Waals surface area contributed by atoms with Gasteiger partial charge in [0.25, 0.3) is 0 Å². The van der Waals surface area contributed by atoms with Crippen molar-refractivity contribution in [3.63, 3.8) is 0 Å². The summed E-state index contributed by atoms with van der Waals surface area (Å²) in [5.41, 5.74) is 7.84. The van der Waals surface area contributed by atoms with Crippen LogP contribution in [-0.4, -0.2) is 22.3 Å². The number of likely N-dealkylation sites (tertiary alicyclic amines) is 1. The monoisotopic (exact) mass is 273 g/mol. The molecule has 106 valence electrons. The van der Waals surface area contributed by atoms with Crippen molar-refractivity contribution in [3.8, 4) is 0 Å². The fourth-order valence-corrected chi connectivity index (χ4v) is 2.63. The molecular weight excluding hydrogens is 254 g/mol. The molecule has 2 aromatic rings. The summed E-state index contributed by atoms with van der Waals surface area (Å²) >= 11 is 0. The van der Waals surface area contributed by atoms with Gasteiger partial charge >= 0.3 is 0 Å². The predicted molar refractivity (Wildman–Crippen MR) is 76.9 cm³/mol. The second-order valence-electron chi connectivity index (χ2n) is 5.28. The summed E-state index contributed by atoms with van der Waals surface area (Å²) in [5.74, 6) is 0.756. The van der Waals surface area contributed by atoms with Crippen molar-refractivity contribution in [1.29, 1.82) is 0 Å². The molecule has 0 radical (unpaired) electrons. The van der Waals surface area contributed by atoms with E-state index in [0.29, 0.717) is 35.6 Å². The van der Waals surface area contributed by atoms with Crippen molar-refractivity contribution in [1.82, 2.24) is 9.88 Å². The summed E-state index contributed by atoms with van der Waals surface area (Å²) in [6, 6.07) is 5.49. The lowest BCUT2D eigenvalue weighted by Gasteiger charge is -2.23. The first kappa shape index (κ1) is 13.0. The molecule has 0 spiro atoms. The highest BCUT2D eigenvalue weighted by molar-refractivity contribution is 5.85. The molecule has 0 atom stereocenters. The molecule has 1 aromatic heterocycles. The van der Waals surface area contributed by atoms with E-state index in [0.717, 1.165) is 25.8 Å². The summed E-state index contributed by atoms with van der Waals surface area (Å²) in [7, 11) is 0. The van der Waals surface area contributed by atoms with Crippen LogP contribution in [0.2, 0.25) is 0 Å². The van der Waals surface area contributed by atoms with Gasteiger partial charge in [0.15, 0.2) is 5.58 Å². The maximum atomic E-state index is 12.1. The standard InChI is InChI=1S/C15H19N3O2/c16-11-6-5-7-12-15(11)17-13(20-12)10-18-9-4-2-1-3-8-14(18)19/h5-7H,1-4,8-10,16H2. The number of fused-ring (bicyclic) bond motifs is 1. The molecule has 2 heterocycles. The molecule has 5 nitrogen and oxygen atoms in total. The van der Waals surface area contributed by atoms with E-state index in [1.54, 1.807) is 6.07 Å².